The molecule has 1 aliphatic heterocycles. The van der Waals surface area contributed by atoms with E-state index < -0.39 is 0 Å². The molecule has 2 aliphatic rings. The molecule has 1 saturated heterocycles. The molecule has 3 N–H and O–H groups in total. The van der Waals surface area contributed by atoms with Gasteiger partial charge in [0.2, 0.25) is 5.91 Å². The zero-order chi connectivity index (χ0) is 22.8. The van der Waals surface area contributed by atoms with Gasteiger partial charge in [0.05, 0.1) is 6.54 Å². The summed E-state index contributed by atoms with van der Waals surface area (Å²) < 4.78 is 12.4. The van der Waals surface area contributed by atoms with Crippen LogP contribution in [0.5, 0.6) is 0 Å². The summed E-state index contributed by atoms with van der Waals surface area (Å²) in [5.74, 6) is 0.670. The summed E-state index contributed by atoms with van der Waals surface area (Å²) in [5, 5.41) is 3.17. The molecule has 172 valence electrons. The molecule has 3 rings (SSSR count). The Morgan fingerprint density at radius 3 is 2.20 bits per heavy atom. The summed E-state index contributed by atoms with van der Waals surface area (Å²) in [5.41, 5.74) is 6.53. The average Bonchev–Trinajstić information content (AvgIpc) is 3.62. The van der Waals surface area contributed by atoms with Crippen LogP contribution in [0.4, 0.5) is 4.39 Å². The molecule has 1 saturated carbocycles. The van der Waals surface area contributed by atoms with E-state index in [1.165, 1.54) is 37.0 Å². The molecule has 2 fully saturated rings. The number of nitrogens with one attached hydrogen (secondary N) is 1. The summed E-state index contributed by atoms with van der Waals surface area (Å²) in [4.78, 5) is 15.1. The predicted molar refractivity (Wildman–Crippen MR) is 126 cm³/mol. The van der Waals surface area contributed by atoms with Crippen LogP contribution in [0.15, 0.2) is 36.9 Å². The first kappa shape index (κ1) is 28.2. The van der Waals surface area contributed by atoms with E-state index in [0.29, 0.717) is 0 Å². The molecule has 1 aliphatic carbocycles. The highest BCUT2D eigenvalue weighted by Crippen LogP contribution is 2.39. The quantitative estimate of drug-likeness (QED) is 0.543. The van der Waals surface area contributed by atoms with Gasteiger partial charge in [0.25, 0.3) is 0 Å². The lowest BCUT2D eigenvalue weighted by Gasteiger charge is -2.32. The van der Waals surface area contributed by atoms with Crippen LogP contribution < -0.4 is 11.1 Å². The van der Waals surface area contributed by atoms with Crippen LogP contribution in [0.1, 0.15) is 51.5 Å². The number of carbonyl (C=O) groups is 1. The Kier molecular flexibility index (Phi) is 17.0. The number of hydrogen-bond acceptors (Lipinski definition) is 4. The van der Waals surface area contributed by atoms with Gasteiger partial charge in [-0.3, -0.25) is 4.79 Å². The van der Waals surface area contributed by atoms with Crippen LogP contribution in [-0.4, -0.2) is 68.6 Å². The highest BCUT2D eigenvalue weighted by atomic mass is 19.1. The van der Waals surface area contributed by atoms with Crippen LogP contribution >= 0.6 is 0 Å². The maximum atomic E-state index is 12.4. The van der Waals surface area contributed by atoms with Crippen LogP contribution in [-0.2, 0) is 4.79 Å². The minimum Gasteiger partial charge on any atom is -0.339 e. The van der Waals surface area contributed by atoms with Crippen molar-refractivity contribution in [3.63, 3.8) is 0 Å². The fourth-order valence-corrected chi connectivity index (χ4v) is 2.72. The molecule has 5 nitrogen and oxygen atoms in total. The van der Waals surface area contributed by atoms with Gasteiger partial charge in [0.15, 0.2) is 0 Å². The van der Waals surface area contributed by atoms with Crippen molar-refractivity contribution in [3.8, 4) is 0 Å². The molecular formula is C24H43FN4O. The molecule has 0 spiro atoms. The van der Waals surface area contributed by atoms with Gasteiger partial charge in [-0.05, 0) is 56.5 Å². The Labute approximate surface area is 183 Å². The van der Waals surface area contributed by atoms with Gasteiger partial charge in [-0.1, -0.05) is 39.0 Å². The van der Waals surface area contributed by atoms with E-state index in [9.17, 15) is 9.18 Å². The van der Waals surface area contributed by atoms with Crippen molar-refractivity contribution >= 4 is 5.91 Å². The molecule has 0 unspecified atom stereocenters. The normalized spacial score (nSPS) is 15.5. The first-order valence-corrected chi connectivity index (χ1v) is 11.2. The van der Waals surface area contributed by atoms with Crippen molar-refractivity contribution in [3.05, 3.63) is 48.3 Å². The monoisotopic (exact) mass is 422 g/mol. The number of rotatable bonds is 6. The maximum absolute atomic E-state index is 12.4. The van der Waals surface area contributed by atoms with E-state index in [-0.39, 0.29) is 18.3 Å². The van der Waals surface area contributed by atoms with E-state index in [1.807, 2.05) is 37.0 Å². The third-order valence-corrected chi connectivity index (χ3v) is 4.66. The standard InChI is InChI=1S/C9H9F.C7H15N3O.C6H13N.C2H6/c10-9-5-3-8(4-6-9)7-1-2-7;1-9-2-4-10(5-3-9)7(11)6-8;1-3-5-7-6-4-2;1-2/h3-7H,1-2H2;2-6,8H2,1H3;3,7H,1,4-6H2,2H3;1-2H3. The lowest BCUT2D eigenvalue weighted by Crippen LogP contribution is -2.48. The minimum absolute atomic E-state index is 0.0677. The number of nitrogens with two attached hydrogens (primary N) is 1. The maximum Gasteiger partial charge on any atom is 0.236 e. The van der Waals surface area contributed by atoms with Gasteiger partial charge in [0, 0.05) is 32.7 Å². The number of amides is 1. The van der Waals surface area contributed by atoms with E-state index >= 15 is 0 Å². The topological polar surface area (TPSA) is 61.6 Å². The van der Waals surface area contributed by atoms with Gasteiger partial charge < -0.3 is 20.9 Å². The minimum atomic E-state index is -0.135. The van der Waals surface area contributed by atoms with Gasteiger partial charge in [0.1, 0.15) is 5.82 Å². The SMILES string of the molecule is C=CCNCCC.CC.CN1CCN(C(=O)CN)CC1.Fc1ccc(C2CC2)cc1. The Morgan fingerprint density at radius 2 is 1.77 bits per heavy atom. The summed E-state index contributed by atoms with van der Waals surface area (Å²) in [6, 6.07) is 6.83. The van der Waals surface area contributed by atoms with Gasteiger partial charge in [-0.15, -0.1) is 6.58 Å². The lowest BCUT2D eigenvalue weighted by molar-refractivity contribution is -0.131. The second-order valence-corrected chi connectivity index (χ2v) is 7.21. The first-order chi connectivity index (χ1) is 14.5. The van der Waals surface area contributed by atoms with Crippen molar-refractivity contribution in [2.24, 2.45) is 5.73 Å². The van der Waals surface area contributed by atoms with E-state index in [1.54, 1.807) is 0 Å². The third-order valence-electron chi connectivity index (χ3n) is 4.66. The molecule has 1 aromatic carbocycles. The zero-order valence-electron chi connectivity index (χ0n) is 19.5. The molecule has 1 amide bonds. The van der Waals surface area contributed by atoms with Crippen molar-refractivity contribution in [1.82, 2.24) is 15.1 Å². The zero-order valence-corrected chi connectivity index (χ0v) is 19.5. The average molecular weight is 423 g/mol. The van der Waals surface area contributed by atoms with E-state index in [4.69, 9.17) is 5.73 Å². The van der Waals surface area contributed by atoms with Crippen LogP contribution in [0, 0.1) is 5.82 Å². The molecule has 0 atom stereocenters. The summed E-state index contributed by atoms with van der Waals surface area (Å²) in [7, 11) is 2.06. The van der Waals surface area contributed by atoms with Crippen molar-refractivity contribution in [1.29, 1.82) is 0 Å². The lowest BCUT2D eigenvalue weighted by atomic mass is 10.1. The largest absolute Gasteiger partial charge is 0.339 e. The van der Waals surface area contributed by atoms with E-state index in [0.717, 1.165) is 45.2 Å². The fraction of sp³-hybridized carbons (Fsp3) is 0.625. The van der Waals surface area contributed by atoms with Gasteiger partial charge >= 0.3 is 0 Å². The number of piperazine rings is 1. The molecule has 30 heavy (non-hydrogen) atoms. The molecule has 0 radical (unpaired) electrons. The third kappa shape index (κ3) is 13.5. The van der Waals surface area contributed by atoms with Crippen molar-refractivity contribution in [2.45, 2.75) is 46.0 Å². The Hall–Kier alpha value is -1.76. The van der Waals surface area contributed by atoms with Crippen molar-refractivity contribution in [2.75, 3.05) is 52.9 Å². The number of halogens is 1. The second kappa shape index (κ2) is 18.0. The summed E-state index contributed by atoms with van der Waals surface area (Å²) in [6.07, 6.45) is 5.64. The number of benzene rings is 1. The first-order valence-electron chi connectivity index (χ1n) is 11.2. The second-order valence-electron chi connectivity index (χ2n) is 7.21. The summed E-state index contributed by atoms with van der Waals surface area (Å²) in [6.45, 7) is 15.5. The molecule has 1 aromatic rings. The molecular weight excluding hydrogens is 379 g/mol. The Balaban J connectivity index is 0.000000413. The number of likely N-dealkylation sites (N-methyl/N-ethyl adjacent to an activating group) is 1. The molecule has 6 heteroatoms. The Morgan fingerprint density at radius 1 is 1.20 bits per heavy atom. The molecule has 0 aromatic heterocycles. The van der Waals surface area contributed by atoms with Crippen LogP contribution in [0.3, 0.4) is 0 Å². The predicted octanol–water partition coefficient (Wildman–Crippen LogP) is 3.62. The number of nitrogens with zero attached hydrogens (tertiary/aromatic N) is 2. The van der Waals surface area contributed by atoms with Crippen molar-refractivity contribution < 1.29 is 9.18 Å². The van der Waals surface area contributed by atoms with Crippen LogP contribution in [0.25, 0.3) is 0 Å². The van der Waals surface area contributed by atoms with E-state index in [2.05, 4.69) is 30.8 Å². The molecule has 1 heterocycles. The Bertz CT molecular complexity index is 553. The van der Waals surface area contributed by atoms with Gasteiger partial charge in [-0.25, -0.2) is 4.39 Å². The number of carbonyl (C=O) groups excluding carboxylic acids is 1. The summed E-state index contributed by atoms with van der Waals surface area (Å²) >= 11 is 0. The van der Waals surface area contributed by atoms with Gasteiger partial charge in [-0.2, -0.15) is 0 Å². The fourth-order valence-electron chi connectivity index (χ4n) is 2.72. The molecule has 0 bridgehead atoms. The highest BCUT2D eigenvalue weighted by molar-refractivity contribution is 5.78. The highest BCUT2D eigenvalue weighted by Gasteiger charge is 2.22. The van der Waals surface area contributed by atoms with Crippen LogP contribution in [0.2, 0.25) is 0 Å². The number of hydrogen-bond donors (Lipinski definition) is 2. The smallest absolute Gasteiger partial charge is 0.236 e.